The van der Waals surface area contributed by atoms with Gasteiger partial charge in [0, 0.05) is 37.4 Å². The highest BCUT2D eigenvalue weighted by Gasteiger charge is 2.17. The van der Waals surface area contributed by atoms with Crippen molar-refractivity contribution in [1.29, 1.82) is 0 Å². The van der Waals surface area contributed by atoms with Gasteiger partial charge in [0.2, 0.25) is 0 Å². The first-order valence-electron chi connectivity index (χ1n) is 8.10. The second-order valence-corrected chi connectivity index (χ2v) is 7.14. The van der Waals surface area contributed by atoms with E-state index in [-0.39, 0.29) is 0 Å². The van der Waals surface area contributed by atoms with Crippen molar-refractivity contribution in [3.63, 3.8) is 0 Å². The van der Waals surface area contributed by atoms with E-state index >= 15 is 0 Å². The number of rotatable bonds is 3. The molecule has 0 N–H and O–H groups in total. The first-order valence-corrected chi connectivity index (χ1v) is 9.29. The third-order valence-electron chi connectivity index (χ3n) is 4.19. The summed E-state index contributed by atoms with van der Waals surface area (Å²) in [6.07, 6.45) is 3.50. The number of aromatic nitrogens is 4. The summed E-state index contributed by atoms with van der Waals surface area (Å²) in [5.41, 5.74) is 3.38. The van der Waals surface area contributed by atoms with E-state index in [2.05, 4.69) is 26.7 Å². The lowest BCUT2D eigenvalue weighted by Crippen LogP contribution is -2.04. The number of hydrogen-bond acceptors (Lipinski definition) is 5. The van der Waals surface area contributed by atoms with Crippen molar-refractivity contribution < 1.29 is 0 Å². The number of hydrogen-bond donors (Lipinski definition) is 0. The molecule has 0 amide bonds. The molecule has 0 fully saturated rings. The molecule has 0 unspecified atom stereocenters. The number of aliphatic imine (C=N–C) groups is 2. The van der Waals surface area contributed by atoms with Gasteiger partial charge < -0.3 is 4.57 Å². The van der Waals surface area contributed by atoms with Gasteiger partial charge in [0.15, 0.2) is 5.84 Å². The average Bonchev–Trinajstić information content (AvgIpc) is 3.24. The molecule has 4 rings (SSSR count). The molecule has 0 aliphatic rings. The van der Waals surface area contributed by atoms with Gasteiger partial charge in [-0.1, -0.05) is 11.6 Å². The Morgan fingerprint density at radius 1 is 1.26 bits per heavy atom. The summed E-state index contributed by atoms with van der Waals surface area (Å²) in [7, 11) is 3.62. The van der Waals surface area contributed by atoms with Gasteiger partial charge in [0.05, 0.1) is 16.3 Å². The normalized spacial score (nSPS) is 11.9. The van der Waals surface area contributed by atoms with E-state index in [0.717, 1.165) is 37.9 Å². The lowest BCUT2D eigenvalue weighted by Gasteiger charge is -2.03. The minimum absolute atomic E-state index is 0.434. The summed E-state index contributed by atoms with van der Waals surface area (Å²) in [5.74, 6) is 0.576. The lowest BCUT2D eigenvalue weighted by atomic mass is 10.2. The molecule has 0 aliphatic heterocycles. The van der Waals surface area contributed by atoms with Crippen LogP contribution in [0.2, 0.25) is 5.15 Å². The molecule has 0 radical (unpaired) electrons. The van der Waals surface area contributed by atoms with Crippen molar-refractivity contribution in [2.24, 2.45) is 17.0 Å². The first-order chi connectivity index (χ1) is 13.1. The van der Waals surface area contributed by atoms with E-state index in [1.54, 1.807) is 19.4 Å². The molecule has 27 heavy (non-hydrogen) atoms. The molecule has 0 saturated carbocycles. The molecule has 0 spiro atoms. The van der Waals surface area contributed by atoms with E-state index in [9.17, 15) is 0 Å². The predicted molar refractivity (Wildman–Crippen MR) is 112 cm³/mol. The van der Waals surface area contributed by atoms with Crippen molar-refractivity contribution >= 4 is 46.5 Å². The van der Waals surface area contributed by atoms with E-state index in [0.29, 0.717) is 11.0 Å². The molecule has 134 valence electrons. The fourth-order valence-electron chi connectivity index (χ4n) is 2.88. The van der Waals surface area contributed by atoms with Gasteiger partial charge in [0.25, 0.3) is 0 Å². The highest BCUT2D eigenvalue weighted by Crippen LogP contribution is 2.37. The number of aryl methyl sites for hydroxylation is 1. The minimum Gasteiger partial charge on any atom is -0.326 e. The topological polar surface area (TPSA) is 68.3 Å². The zero-order valence-electron chi connectivity index (χ0n) is 14.7. The van der Waals surface area contributed by atoms with E-state index in [1.807, 2.05) is 41.9 Å². The van der Waals surface area contributed by atoms with Gasteiger partial charge in [-0.3, -0.25) is 9.98 Å². The van der Waals surface area contributed by atoms with Crippen LogP contribution in [-0.4, -0.2) is 39.1 Å². The fraction of sp³-hybridized carbons (Fsp3) is 0.105. The summed E-state index contributed by atoms with van der Waals surface area (Å²) in [4.78, 5) is 22.4. The summed E-state index contributed by atoms with van der Waals surface area (Å²) in [6.45, 7) is 3.58. The smallest absolute Gasteiger partial charge is 0.170 e. The maximum atomic E-state index is 6.41. The second kappa shape index (κ2) is 7.02. The van der Waals surface area contributed by atoms with Crippen LogP contribution in [0.3, 0.4) is 0 Å². The summed E-state index contributed by atoms with van der Waals surface area (Å²) in [6, 6.07) is 9.79. The molecule has 0 saturated heterocycles. The van der Waals surface area contributed by atoms with Gasteiger partial charge in [-0.25, -0.2) is 15.0 Å². The highest BCUT2D eigenvalue weighted by atomic mass is 35.5. The van der Waals surface area contributed by atoms with Crippen LogP contribution < -0.4 is 0 Å². The molecule has 0 bridgehead atoms. The standard InChI is InChI=1S/C19H15ClN6S/c1-21-17(22-2)14-9-11-6-7-13(24-18(11)26(14)3)15-16(20)25-19(27-15)12-5-4-8-23-10-12/h4-10H,1H2,2-3H3. The minimum atomic E-state index is 0.434. The molecule has 4 aromatic rings. The number of thiazole rings is 1. The quantitative estimate of drug-likeness (QED) is 0.379. The molecular formula is C19H15ClN6S. The largest absolute Gasteiger partial charge is 0.326 e. The van der Waals surface area contributed by atoms with Gasteiger partial charge in [-0.2, -0.15) is 0 Å². The number of fused-ring (bicyclic) bond motifs is 1. The van der Waals surface area contributed by atoms with Crippen LogP contribution in [0.4, 0.5) is 0 Å². The SMILES string of the molecule is C=NC(=NC)c1cc2ccc(-c3sc(-c4cccnc4)nc3Cl)nc2n1C. The van der Waals surface area contributed by atoms with Gasteiger partial charge in [-0.15, -0.1) is 11.3 Å². The van der Waals surface area contributed by atoms with Crippen LogP contribution in [0.5, 0.6) is 0 Å². The Bertz CT molecular complexity index is 1180. The third kappa shape index (κ3) is 3.05. The van der Waals surface area contributed by atoms with Crippen molar-refractivity contribution in [2.75, 3.05) is 7.05 Å². The number of halogens is 1. The van der Waals surface area contributed by atoms with Crippen molar-refractivity contribution in [3.05, 3.63) is 53.6 Å². The number of pyridine rings is 2. The molecule has 0 aromatic carbocycles. The highest BCUT2D eigenvalue weighted by molar-refractivity contribution is 7.19. The van der Waals surface area contributed by atoms with Crippen LogP contribution in [0.25, 0.3) is 32.2 Å². The Balaban J connectivity index is 1.82. The zero-order valence-corrected chi connectivity index (χ0v) is 16.3. The maximum absolute atomic E-state index is 6.41. The molecule has 8 heteroatoms. The monoisotopic (exact) mass is 394 g/mol. The Morgan fingerprint density at radius 3 is 2.81 bits per heavy atom. The molecule has 0 aliphatic carbocycles. The zero-order chi connectivity index (χ0) is 19.0. The van der Waals surface area contributed by atoms with Crippen LogP contribution in [0.1, 0.15) is 5.69 Å². The van der Waals surface area contributed by atoms with Crippen molar-refractivity contribution in [1.82, 2.24) is 19.5 Å². The van der Waals surface area contributed by atoms with E-state index in [1.165, 1.54) is 11.3 Å². The second-order valence-electron chi connectivity index (χ2n) is 5.78. The molecule has 4 aromatic heterocycles. The summed E-state index contributed by atoms with van der Waals surface area (Å²) < 4.78 is 1.95. The Labute approximate surface area is 164 Å². The maximum Gasteiger partial charge on any atom is 0.170 e. The van der Waals surface area contributed by atoms with Gasteiger partial charge >= 0.3 is 0 Å². The summed E-state index contributed by atoms with van der Waals surface area (Å²) in [5, 5.41) is 2.24. The molecule has 4 heterocycles. The number of amidine groups is 1. The molecular weight excluding hydrogens is 380 g/mol. The fourth-order valence-corrected chi connectivity index (χ4v) is 4.14. The first kappa shape index (κ1) is 17.5. The van der Waals surface area contributed by atoms with Crippen LogP contribution in [0.15, 0.2) is 52.7 Å². The van der Waals surface area contributed by atoms with Crippen LogP contribution >= 0.6 is 22.9 Å². The van der Waals surface area contributed by atoms with Crippen LogP contribution in [-0.2, 0) is 7.05 Å². The predicted octanol–water partition coefficient (Wildman–Crippen LogP) is 4.49. The van der Waals surface area contributed by atoms with Crippen LogP contribution in [0, 0.1) is 0 Å². The Morgan fingerprint density at radius 2 is 2.11 bits per heavy atom. The number of nitrogens with zero attached hydrogens (tertiary/aromatic N) is 6. The summed E-state index contributed by atoms with van der Waals surface area (Å²) >= 11 is 7.91. The van der Waals surface area contributed by atoms with Crippen molar-refractivity contribution in [2.45, 2.75) is 0 Å². The average molecular weight is 395 g/mol. The van der Waals surface area contributed by atoms with E-state index in [4.69, 9.17) is 16.6 Å². The Kier molecular flexibility index (Phi) is 4.55. The Hall–Kier alpha value is -2.90. The van der Waals surface area contributed by atoms with Gasteiger partial charge in [-0.05, 0) is 37.0 Å². The molecule has 0 atom stereocenters. The van der Waals surface area contributed by atoms with E-state index < -0.39 is 0 Å². The lowest BCUT2D eigenvalue weighted by molar-refractivity contribution is 0.933. The van der Waals surface area contributed by atoms with Crippen molar-refractivity contribution in [3.8, 4) is 21.1 Å². The van der Waals surface area contributed by atoms with Gasteiger partial charge in [0.1, 0.15) is 15.8 Å². The molecule has 6 nitrogen and oxygen atoms in total. The third-order valence-corrected chi connectivity index (χ3v) is 5.71.